The van der Waals surface area contributed by atoms with Crippen LogP contribution < -0.4 is 5.32 Å². The topological polar surface area (TPSA) is 66.4 Å². The van der Waals surface area contributed by atoms with E-state index in [2.05, 4.69) is 33.4 Å². The first-order valence-electron chi connectivity index (χ1n) is 8.62. The maximum Gasteiger partial charge on any atom is 0.409 e. The quantitative estimate of drug-likeness (QED) is 0.648. The molecule has 25 heavy (non-hydrogen) atoms. The Kier molecular flexibility index (Phi) is 7.53. The number of ether oxygens (including phenoxy) is 2. The lowest BCUT2D eigenvalue weighted by Gasteiger charge is -2.35. The van der Waals surface area contributed by atoms with Crippen molar-refractivity contribution in [1.82, 2.24) is 15.1 Å². The molecule has 0 atom stereocenters. The third-order valence-electron chi connectivity index (χ3n) is 4.07. The molecule has 0 aromatic heterocycles. The maximum atomic E-state index is 11.8. The van der Waals surface area contributed by atoms with E-state index in [9.17, 15) is 4.79 Å². The molecule has 0 bridgehead atoms. The van der Waals surface area contributed by atoms with E-state index in [-0.39, 0.29) is 6.09 Å². The van der Waals surface area contributed by atoms with Crippen LogP contribution in [-0.2, 0) is 22.6 Å². The number of carbonyl (C=O) groups is 1. The molecule has 138 valence electrons. The van der Waals surface area contributed by atoms with Gasteiger partial charge in [-0.1, -0.05) is 24.3 Å². The number of hydrogen-bond acceptors (Lipinski definition) is 4. The second-order valence-corrected chi connectivity index (χ2v) is 5.83. The van der Waals surface area contributed by atoms with E-state index in [0.29, 0.717) is 32.8 Å². The minimum atomic E-state index is -0.236. The Bertz CT molecular complexity index is 583. The molecule has 0 unspecified atom stereocenters. The number of hydrogen-bond donors (Lipinski definition) is 1. The number of nitrogens with one attached hydrogen (secondary N) is 1. The zero-order chi connectivity index (χ0) is 18.1. The molecule has 2 rings (SSSR count). The number of rotatable bonds is 5. The van der Waals surface area contributed by atoms with Crippen molar-refractivity contribution in [2.75, 3.05) is 46.9 Å². The van der Waals surface area contributed by atoms with E-state index < -0.39 is 0 Å². The smallest absolute Gasteiger partial charge is 0.409 e. The molecular weight excluding hydrogens is 320 g/mol. The van der Waals surface area contributed by atoms with Gasteiger partial charge in [0.1, 0.15) is 0 Å². The average molecular weight is 348 g/mol. The second-order valence-electron chi connectivity index (χ2n) is 5.83. The van der Waals surface area contributed by atoms with Crippen molar-refractivity contribution in [3.63, 3.8) is 0 Å². The normalized spacial score (nSPS) is 15.2. The summed E-state index contributed by atoms with van der Waals surface area (Å²) < 4.78 is 10.2. The summed E-state index contributed by atoms with van der Waals surface area (Å²) in [5.74, 6) is 0.848. The fraction of sp³-hybridized carbons (Fsp3) is 0.556. The van der Waals surface area contributed by atoms with Crippen LogP contribution in [0.4, 0.5) is 4.79 Å². The number of guanidine groups is 1. The SMILES string of the molecule is CCOC(=O)N1CCN(C(=NC)NCc2cccc(COC)c2)CC1. The number of carbonyl (C=O) groups excluding carboxylic acids is 1. The second kappa shape index (κ2) is 9.88. The van der Waals surface area contributed by atoms with Gasteiger partial charge in [0.05, 0.1) is 13.2 Å². The molecule has 1 fully saturated rings. The minimum absolute atomic E-state index is 0.236. The Morgan fingerprint density at radius 1 is 1.20 bits per heavy atom. The lowest BCUT2D eigenvalue weighted by Crippen LogP contribution is -2.53. The molecule has 1 amide bonds. The van der Waals surface area contributed by atoms with E-state index in [0.717, 1.165) is 24.6 Å². The van der Waals surface area contributed by atoms with Crippen LogP contribution in [0.1, 0.15) is 18.1 Å². The summed E-state index contributed by atoms with van der Waals surface area (Å²) in [4.78, 5) is 20.0. The van der Waals surface area contributed by atoms with Gasteiger partial charge in [-0.25, -0.2) is 4.79 Å². The Morgan fingerprint density at radius 2 is 1.88 bits per heavy atom. The molecule has 1 N–H and O–H groups in total. The third kappa shape index (κ3) is 5.63. The van der Waals surface area contributed by atoms with Crippen molar-refractivity contribution >= 4 is 12.1 Å². The highest BCUT2D eigenvalue weighted by Crippen LogP contribution is 2.08. The predicted molar refractivity (Wildman–Crippen MR) is 97.5 cm³/mol. The van der Waals surface area contributed by atoms with Gasteiger partial charge in [-0.3, -0.25) is 4.99 Å². The monoisotopic (exact) mass is 348 g/mol. The van der Waals surface area contributed by atoms with Gasteiger partial charge in [0, 0.05) is 46.9 Å². The summed E-state index contributed by atoms with van der Waals surface area (Å²) in [6.45, 7) is 6.29. The summed E-state index contributed by atoms with van der Waals surface area (Å²) in [6, 6.07) is 8.29. The van der Waals surface area contributed by atoms with Crippen molar-refractivity contribution in [3.8, 4) is 0 Å². The molecule has 0 saturated carbocycles. The fourth-order valence-electron chi connectivity index (χ4n) is 2.83. The van der Waals surface area contributed by atoms with Crippen molar-refractivity contribution in [2.45, 2.75) is 20.1 Å². The Labute approximate surface area is 149 Å². The van der Waals surface area contributed by atoms with E-state index >= 15 is 0 Å². The molecule has 7 heteroatoms. The van der Waals surface area contributed by atoms with Gasteiger partial charge in [0.25, 0.3) is 0 Å². The van der Waals surface area contributed by atoms with E-state index in [4.69, 9.17) is 9.47 Å². The van der Waals surface area contributed by atoms with Crippen LogP contribution in [0.25, 0.3) is 0 Å². The molecule has 0 aliphatic carbocycles. The van der Waals surface area contributed by atoms with Crippen LogP contribution in [0.2, 0.25) is 0 Å². The molecule has 0 radical (unpaired) electrons. The molecule has 1 aromatic carbocycles. The summed E-state index contributed by atoms with van der Waals surface area (Å²) in [5, 5.41) is 3.39. The molecule has 7 nitrogen and oxygen atoms in total. The maximum absolute atomic E-state index is 11.8. The van der Waals surface area contributed by atoms with Crippen LogP contribution in [0, 0.1) is 0 Å². The number of nitrogens with zero attached hydrogens (tertiary/aromatic N) is 3. The molecule has 1 heterocycles. The highest BCUT2D eigenvalue weighted by Gasteiger charge is 2.23. The van der Waals surface area contributed by atoms with Crippen molar-refractivity contribution in [2.24, 2.45) is 4.99 Å². The zero-order valence-electron chi connectivity index (χ0n) is 15.3. The van der Waals surface area contributed by atoms with Gasteiger partial charge in [0.15, 0.2) is 5.96 Å². The number of methoxy groups -OCH3 is 1. The van der Waals surface area contributed by atoms with Crippen molar-refractivity contribution < 1.29 is 14.3 Å². The van der Waals surface area contributed by atoms with Gasteiger partial charge < -0.3 is 24.6 Å². The lowest BCUT2D eigenvalue weighted by molar-refractivity contribution is 0.0914. The van der Waals surface area contributed by atoms with Crippen LogP contribution in [-0.4, -0.2) is 68.8 Å². The van der Waals surface area contributed by atoms with E-state index in [1.54, 1.807) is 19.1 Å². The molecule has 1 aromatic rings. The summed E-state index contributed by atoms with van der Waals surface area (Å²) >= 11 is 0. The first-order valence-corrected chi connectivity index (χ1v) is 8.62. The van der Waals surface area contributed by atoms with Crippen LogP contribution in [0.3, 0.4) is 0 Å². The molecule has 1 saturated heterocycles. The van der Waals surface area contributed by atoms with Gasteiger partial charge in [0.2, 0.25) is 0 Å². The molecule has 1 aliphatic rings. The predicted octanol–water partition coefficient (Wildman–Crippen LogP) is 1.68. The zero-order valence-corrected chi connectivity index (χ0v) is 15.3. The number of benzene rings is 1. The Morgan fingerprint density at radius 3 is 2.52 bits per heavy atom. The van der Waals surface area contributed by atoms with E-state index in [1.165, 1.54) is 5.56 Å². The Balaban J connectivity index is 1.85. The van der Waals surface area contributed by atoms with Crippen molar-refractivity contribution in [3.05, 3.63) is 35.4 Å². The van der Waals surface area contributed by atoms with Crippen LogP contribution in [0.15, 0.2) is 29.3 Å². The van der Waals surface area contributed by atoms with Crippen molar-refractivity contribution in [1.29, 1.82) is 0 Å². The van der Waals surface area contributed by atoms with Crippen LogP contribution >= 0.6 is 0 Å². The summed E-state index contributed by atoms with van der Waals surface area (Å²) in [5.41, 5.74) is 2.33. The number of aliphatic imine (C=N–C) groups is 1. The lowest BCUT2D eigenvalue weighted by atomic mass is 10.1. The number of piperazine rings is 1. The largest absolute Gasteiger partial charge is 0.450 e. The third-order valence-corrected chi connectivity index (χ3v) is 4.07. The standard InChI is InChI=1S/C18H28N4O3/c1-4-25-18(23)22-10-8-21(9-11-22)17(19-2)20-13-15-6-5-7-16(12-15)14-24-3/h5-7,12H,4,8-11,13-14H2,1-3H3,(H,19,20). The van der Waals surface area contributed by atoms with Crippen LogP contribution in [0.5, 0.6) is 0 Å². The van der Waals surface area contributed by atoms with Gasteiger partial charge in [-0.05, 0) is 18.1 Å². The Hall–Kier alpha value is -2.28. The number of amides is 1. The fourth-order valence-corrected chi connectivity index (χ4v) is 2.83. The highest BCUT2D eigenvalue weighted by molar-refractivity contribution is 5.80. The average Bonchev–Trinajstić information content (AvgIpc) is 2.63. The summed E-state index contributed by atoms with van der Waals surface area (Å²) in [6.07, 6.45) is -0.236. The summed E-state index contributed by atoms with van der Waals surface area (Å²) in [7, 11) is 3.48. The van der Waals surface area contributed by atoms with Gasteiger partial charge in [-0.2, -0.15) is 0 Å². The first kappa shape index (κ1) is 19.1. The molecule has 1 aliphatic heterocycles. The molecular formula is C18H28N4O3. The van der Waals surface area contributed by atoms with E-state index in [1.807, 2.05) is 13.0 Å². The highest BCUT2D eigenvalue weighted by atomic mass is 16.6. The van der Waals surface area contributed by atoms with Gasteiger partial charge >= 0.3 is 6.09 Å². The molecule has 0 spiro atoms. The van der Waals surface area contributed by atoms with Gasteiger partial charge in [-0.15, -0.1) is 0 Å². The first-order chi connectivity index (χ1) is 12.2. The minimum Gasteiger partial charge on any atom is -0.450 e.